The van der Waals surface area contributed by atoms with Gasteiger partial charge in [-0.2, -0.15) is 0 Å². The van der Waals surface area contributed by atoms with Crippen LogP contribution in [-0.2, 0) is 21.7 Å². The van der Waals surface area contributed by atoms with Crippen LogP contribution in [0.4, 0.5) is 0 Å². The molecular formula is C27H27ClN2O4. The average molecular weight is 479 g/mol. The van der Waals surface area contributed by atoms with Gasteiger partial charge in [0.05, 0.1) is 12.1 Å². The van der Waals surface area contributed by atoms with Gasteiger partial charge in [-0.3, -0.25) is 9.59 Å². The minimum absolute atomic E-state index is 0.0892. The lowest BCUT2D eigenvalue weighted by Crippen LogP contribution is -2.45. The van der Waals surface area contributed by atoms with Crippen molar-refractivity contribution in [3.05, 3.63) is 69.9 Å². The zero-order chi connectivity index (χ0) is 24.0. The summed E-state index contributed by atoms with van der Waals surface area (Å²) >= 11 is 6.18. The molecule has 0 radical (unpaired) electrons. The Kier molecular flexibility index (Phi) is 5.72. The molecule has 2 aliphatic rings. The number of Topliss-reactive ketones (excluding diaryl/α,β-unsaturated/α-hetero) is 1. The standard InChI is InChI=1S/C27H27ClN2O4/c1-3-4-20(31)16-30-23-8-6-19(28)14-18(23)15-24(30)25(32)29-11-9-27(10-12-29)22-7-5-17(2)13-21(22)26(33)34-27/h5-8,13-15H,3-4,9-12,16H2,1-2H3. The molecule has 2 aromatic carbocycles. The molecule has 3 heterocycles. The number of aryl methyl sites for hydroxylation is 1. The van der Waals surface area contributed by atoms with Gasteiger partial charge in [-0.05, 0) is 43.7 Å². The highest BCUT2D eigenvalue weighted by molar-refractivity contribution is 6.31. The van der Waals surface area contributed by atoms with E-state index in [4.69, 9.17) is 16.3 Å². The van der Waals surface area contributed by atoms with E-state index in [0.29, 0.717) is 48.6 Å². The highest BCUT2D eigenvalue weighted by atomic mass is 35.5. The summed E-state index contributed by atoms with van der Waals surface area (Å²) in [6.07, 6.45) is 2.32. The Labute approximate surface area is 203 Å². The normalized spacial score (nSPS) is 16.7. The van der Waals surface area contributed by atoms with Gasteiger partial charge < -0.3 is 14.2 Å². The van der Waals surface area contributed by atoms with Crippen LogP contribution in [0, 0.1) is 6.92 Å². The number of esters is 1. The van der Waals surface area contributed by atoms with E-state index in [1.165, 1.54) is 0 Å². The smallest absolute Gasteiger partial charge is 0.339 e. The third kappa shape index (κ3) is 3.80. The summed E-state index contributed by atoms with van der Waals surface area (Å²) in [4.78, 5) is 40.4. The van der Waals surface area contributed by atoms with Gasteiger partial charge in [0.25, 0.3) is 5.91 Å². The van der Waals surface area contributed by atoms with Crippen molar-refractivity contribution in [1.29, 1.82) is 0 Å². The van der Waals surface area contributed by atoms with Crippen LogP contribution in [0.1, 0.15) is 64.6 Å². The number of nitrogens with zero attached hydrogens (tertiary/aromatic N) is 2. The van der Waals surface area contributed by atoms with Crippen molar-refractivity contribution in [3.63, 3.8) is 0 Å². The number of fused-ring (bicyclic) bond motifs is 3. The zero-order valence-corrected chi connectivity index (χ0v) is 20.2. The zero-order valence-electron chi connectivity index (χ0n) is 19.4. The van der Waals surface area contributed by atoms with E-state index in [-0.39, 0.29) is 24.2 Å². The molecule has 34 heavy (non-hydrogen) atoms. The quantitative estimate of drug-likeness (QED) is 0.468. The van der Waals surface area contributed by atoms with Gasteiger partial charge in [0, 0.05) is 53.8 Å². The van der Waals surface area contributed by atoms with Gasteiger partial charge in [-0.1, -0.05) is 36.2 Å². The Balaban J connectivity index is 1.42. The van der Waals surface area contributed by atoms with Gasteiger partial charge in [0.2, 0.25) is 0 Å². The van der Waals surface area contributed by atoms with Crippen LogP contribution in [0.2, 0.25) is 5.02 Å². The van der Waals surface area contributed by atoms with Crippen molar-refractivity contribution in [1.82, 2.24) is 9.47 Å². The number of hydrogen-bond donors (Lipinski definition) is 0. The number of likely N-dealkylation sites (tertiary alicyclic amines) is 1. The van der Waals surface area contributed by atoms with Crippen LogP contribution in [0.15, 0.2) is 42.5 Å². The second-order valence-corrected chi connectivity index (χ2v) is 9.77. The first-order valence-corrected chi connectivity index (χ1v) is 12.1. The fourth-order valence-electron chi connectivity index (χ4n) is 5.24. The number of hydrogen-bond acceptors (Lipinski definition) is 4. The van der Waals surface area contributed by atoms with Gasteiger partial charge in [0.15, 0.2) is 5.78 Å². The molecule has 1 fully saturated rings. The summed E-state index contributed by atoms with van der Waals surface area (Å²) in [5.41, 5.74) is 3.20. The van der Waals surface area contributed by atoms with Crippen molar-refractivity contribution >= 4 is 40.2 Å². The number of carbonyl (C=O) groups excluding carboxylic acids is 3. The Hall–Kier alpha value is -3.12. The lowest BCUT2D eigenvalue weighted by atomic mass is 9.83. The highest BCUT2D eigenvalue weighted by Crippen LogP contribution is 2.44. The van der Waals surface area contributed by atoms with Gasteiger partial charge in [0.1, 0.15) is 11.3 Å². The van der Waals surface area contributed by atoms with E-state index < -0.39 is 5.60 Å². The monoisotopic (exact) mass is 478 g/mol. The second-order valence-electron chi connectivity index (χ2n) is 9.33. The molecule has 6 nitrogen and oxygen atoms in total. The Morgan fingerprint density at radius 3 is 2.59 bits per heavy atom. The Bertz CT molecular complexity index is 1320. The number of benzene rings is 2. The lowest BCUT2D eigenvalue weighted by Gasteiger charge is -2.38. The molecule has 1 aromatic heterocycles. The minimum atomic E-state index is -0.672. The molecule has 7 heteroatoms. The van der Waals surface area contributed by atoms with E-state index >= 15 is 0 Å². The summed E-state index contributed by atoms with van der Waals surface area (Å²) in [6, 6.07) is 13.1. The first-order valence-electron chi connectivity index (χ1n) is 11.8. The van der Waals surface area contributed by atoms with Crippen LogP contribution in [0.5, 0.6) is 0 Å². The molecule has 0 aliphatic carbocycles. The summed E-state index contributed by atoms with van der Waals surface area (Å²) in [6.45, 7) is 5.01. The number of ketones is 1. The predicted molar refractivity (Wildman–Crippen MR) is 130 cm³/mol. The number of carbonyl (C=O) groups is 3. The molecule has 3 aromatic rings. The molecular weight excluding hydrogens is 452 g/mol. The number of ether oxygens (including phenoxy) is 1. The number of piperidine rings is 1. The SMILES string of the molecule is CCCC(=O)Cn1c(C(=O)N2CCC3(CC2)OC(=O)c2cc(C)ccc23)cc2cc(Cl)ccc21. The van der Waals surface area contributed by atoms with E-state index in [2.05, 4.69) is 0 Å². The summed E-state index contributed by atoms with van der Waals surface area (Å²) < 4.78 is 7.68. The summed E-state index contributed by atoms with van der Waals surface area (Å²) in [5, 5.41) is 1.42. The molecule has 5 rings (SSSR count). The number of rotatable bonds is 5. The minimum Gasteiger partial charge on any atom is -0.450 e. The molecule has 1 saturated heterocycles. The molecule has 0 bridgehead atoms. The van der Waals surface area contributed by atoms with Crippen molar-refractivity contribution in [3.8, 4) is 0 Å². The molecule has 176 valence electrons. The third-order valence-electron chi connectivity index (χ3n) is 6.98. The van der Waals surface area contributed by atoms with Crippen molar-refractivity contribution in [2.75, 3.05) is 13.1 Å². The Morgan fingerprint density at radius 2 is 1.85 bits per heavy atom. The van der Waals surface area contributed by atoms with E-state index in [1.807, 2.05) is 54.8 Å². The third-order valence-corrected chi connectivity index (χ3v) is 7.21. The van der Waals surface area contributed by atoms with Crippen molar-refractivity contribution < 1.29 is 19.1 Å². The fourth-order valence-corrected chi connectivity index (χ4v) is 5.42. The molecule has 0 atom stereocenters. The molecule has 0 saturated carbocycles. The second kappa shape index (κ2) is 8.58. The van der Waals surface area contributed by atoms with E-state index in [9.17, 15) is 14.4 Å². The van der Waals surface area contributed by atoms with Crippen LogP contribution < -0.4 is 0 Å². The molecule has 0 unspecified atom stereocenters. The van der Waals surface area contributed by atoms with Crippen LogP contribution in [-0.4, -0.2) is 40.2 Å². The van der Waals surface area contributed by atoms with Crippen LogP contribution in [0.25, 0.3) is 10.9 Å². The maximum Gasteiger partial charge on any atom is 0.339 e. The molecule has 1 spiro atoms. The summed E-state index contributed by atoms with van der Waals surface area (Å²) in [5.74, 6) is -0.323. The highest BCUT2D eigenvalue weighted by Gasteiger charge is 2.48. The first-order chi connectivity index (χ1) is 16.3. The van der Waals surface area contributed by atoms with Crippen molar-refractivity contribution in [2.24, 2.45) is 0 Å². The van der Waals surface area contributed by atoms with Gasteiger partial charge in [-0.15, -0.1) is 0 Å². The average Bonchev–Trinajstić information content (AvgIpc) is 3.28. The van der Waals surface area contributed by atoms with Crippen LogP contribution >= 0.6 is 11.6 Å². The van der Waals surface area contributed by atoms with Crippen LogP contribution in [0.3, 0.4) is 0 Å². The molecule has 2 aliphatic heterocycles. The topological polar surface area (TPSA) is 68.6 Å². The largest absolute Gasteiger partial charge is 0.450 e. The number of aromatic nitrogens is 1. The van der Waals surface area contributed by atoms with Gasteiger partial charge in [-0.25, -0.2) is 4.79 Å². The molecule has 1 amide bonds. The lowest BCUT2D eigenvalue weighted by molar-refractivity contribution is -0.119. The van der Waals surface area contributed by atoms with Gasteiger partial charge >= 0.3 is 5.97 Å². The first kappa shape index (κ1) is 22.7. The number of amides is 1. The van der Waals surface area contributed by atoms with E-state index in [1.54, 1.807) is 11.0 Å². The fraction of sp³-hybridized carbons (Fsp3) is 0.370. The van der Waals surface area contributed by atoms with E-state index in [0.717, 1.165) is 28.5 Å². The Morgan fingerprint density at radius 1 is 1.09 bits per heavy atom. The predicted octanol–water partition coefficient (Wildman–Crippen LogP) is 5.27. The maximum atomic E-state index is 13.6. The molecule has 0 N–H and O–H groups in total. The maximum absolute atomic E-state index is 13.6. The van der Waals surface area contributed by atoms with Crippen molar-refractivity contribution in [2.45, 2.75) is 51.7 Å². The number of halogens is 1. The summed E-state index contributed by atoms with van der Waals surface area (Å²) in [7, 11) is 0.